The van der Waals surface area contributed by atoms with E-state index in [1.54, 1.807) is 13.0 Å². The predicted octanol–water partition coefficient (Wildman–Crippen LogP) is 1.26. The average Bonchev–Trinajstić information content (AvgIpc) is 2.23. The van der Waals surface area contributed by atoms with E-state index in [-0.39, 0.29) is 11.4 Å². The number of hydrogen-bond donors (Lipinski definition) is 2. The number of nitrogen functional groups attached to an aromatic ring is 1. The van der Waals surface area contributed by atoms with Crippen molar-refractivity contribution >= 4 is 31.6 Å². The fourth-order valence-electron chi connectivity index (χ4n) is 1.31. The van der Waals surface area contributed by atoms with E-state index in [0.29, 0.717) is 22.3 Å². The number of hydrogen-bond acceptors (Lipinski definition) is 4. The van der Waals surface area contributed by atoms with Gasteiger partial charge in [0, 0.05) is 23.8 Å². The molecule has 0 saturated carbocycles. The van der Waals surface area contributed by atoms with Gasteiger partial charge in [-0.25, -0.2) is 13.1 Å². The van der Waals surface area contributed by atoms with Crippen LogP contribution in [-0.2, 0) is 14.8 Å². The number of nitrogens with one attached hydrogen (secondary N) is 1. The second-order valence-electron chi connectivity index (χ2n) is 3.53. The van der Waals surface area contributed by atoms with E-state index in [0.717, 1.165) is 0 Å². The van der Waals surface area contributed by atoms with Gasteiger partial charge in [-0.3, -0.25) is 0 Å². The van der Waals surface area contributed by atoms with Crippen LogP contribution in [0.2, 0.25) is 0 Å². The summed E-state index contributed by atoms with van der Waals surface area (Å²) in [4.78, 5) is 0.189. The molecule has 0 aromatic heterocycles. The first kappa shape index (κ1) is 14.4. The van der Waals surface area contributed by atoms with Crippen molar-refractivity contribution in [2.45, 2.75) is 11.8 Å². The van der Waals surface area contributed by atoms with Gasteiger partial charge < -0.3 is 10.5 Å². The zero-order chi connectivity index (χ0) is 13.1. The molecule has 0 amide bonds. The molecular formula is C10H15BrN2O3S. The fraction of sp³-hybridized carbons (Fsp3) is 0.400. The van der Waals surface area contributed by atoms with Crippen molar-refractivity contribution in [2.24, 2.45) is 0 Å². The first-order chi connectivity index (χ1) is 7.88. The number of ether oxygens (including phenoxy) is 1. The van der Waals surface area contributed by atoms with Gasteiger partial charge >= 0.3 is 0 Å². The van der Waals surface area contributed by atoms with Crippen LogP contribution in [0.25, 0.3) is 0 Å². The summed E-state index contributed by atoms with van der Waals surface area (Å²) < 4.78 is 31.8. The van der Waals surface area contributed by atoms with Gasteiger partial charge in [0.15, 0.2) is 0 Å². The van der Waals surface area contributed by atoms with Crippen LogP contribution in [0.3, 0.4) is 0 Å². The molecule has 0 fully saturated rings. The summed E-state index contributed by atoms with van der Waals surface area (Å²) >= 11 is 3.25. The molecule has 1 aromatic rings. The highest BCUT2D eigenvalue weighted by atomic mass is 79.9. The number of nitrogens with two attached hydrogens (primary N) is 1. The number of sulfonamides is 1. The van der Waals surface area contributed by atoms with Crippen molar-refractivity contribution in [3.8, 4) is 0 Å². The Kier molecular flexibility index (Phi) is 4.93. The quantitative estimate of drug-likeness (QED) is 0.631. The Morgan fingerprint density at radius 3 is 2.71 bits per heavy atom. The lowest BCUT2D eigenvalue weighted by molar-refractivity contribution is 0.204. The highest BCUT2D eigenvalue weighted by Crippen LogP contribution is 2.26. The Labute approximate surface area is 110 Å². The van der Waals surface area contributed by atoms with Crippen LogP contribution in [-0.4, -0.2) is 28.7 Å². The van der Waals surface area contributed by atoms with Gasteiger partial charge in [-0.1, -0.05) is 0 Å². The molecule has 0 radical (unpaired) electrons. The molecule has 17 heavy (non-hydrogen) atoms. The fourth-order valence-corrected chi connectivity index (χ4v) is 3.04. The SMILES string of the molecule is COCCNS(=O)(=O)c1cc(N)c(Br)cc1C. The van der Waals surface area contributed by atoms with Gasteiger partial charge in [0.05, 0.1) is 11.5 Å². The topological polar surface area (TPSA) is 81.4 Å². The minimum absolute atomic E-state index is 0.189. The number of rotatable bonds is 5. The summed E-state index contributed by atoms with van der Waals surface area (Å²) in [5, 5.41) is 0. The molecule has 0 saturated heterocycles. The molecule has 0 aliphatic carbocycles. The van der Waals surface area contributed by atoms with Crippen molar-refractivity contribution in [3.05, 3.63) is 22.2 Å². The van der Waals surface area contributed by atoms with Crippen LogP contribution < -0.4 is 10.5 Å². The van der Waals surface area contributed by atoms with E-state index in [1.807, 2.05) is 0 Å². The number of benzene rings is 1. The monoisotopic (exact) mass is 322 g/mol. The van der Waals surface area contributed by atoms with Crippen LogP contribution in [0.4, 0.5) is 5.69 Å². The lowest BCUT2D eigenvalue weighted by atomic mass is 10.2. The van der Waals surface area contributed by atoms with Crippen LogP contribution in [0.15, 0.2) is 21.5 Å². The second-order valence-corrected chi connectivity index (χ2v) is 6.12. The molecule has 0 unspecified atom stereocenters. The molecule has 0 aliphatic heterocycles. The molecule has 7 heteroatoms. The molecular weight excluding hydrogens is 308 g/mol. The molecule has 0 bridgehead atoms. The van der Waals surface area contributed by atoms with E-state index in [2.05, 4.69) is 20.7 Å². The minimum Gasteiger partial charge on any atom is -0.398 e. The summed E-state index contributed by atoms with van der Waals surface area (Å²) in [6.45, 7) is 2.27. The highest BCUT2D eigenvalue weighted by Gasteiger charge is 2.17. The Morgan fingerprint density at radius 1 is 1.47 bits per heavy atom. The van der Waals surface area contributed by atoms with Crippen LogP contribution in [0, 0.1) is 6.92 Å². The zero-order valence-electron chi connectivity index (χ0n) is 9.66. The number of methoxy groups -OCH3 is 1. The molecule has 96 valence electrons. The lowest BCUT2D eigenvalue weighted by Gasteiger charge is -2.10. The summed E-state index contributed by atoms with van der Waals surface area (Å²) in [7, 11) is -2.02. The van der Waals surface area contributed by atoms with Crippen molar-refractivity contribution in [3.63, 3.8) is 0 Å². The van der Waals surface area contributed by atoms with Gasteiger partial charge in [0.1, 0.15) is 0 Å². The first-order valence-corrected chi connectivity index (χ1v) is 7.20. The molecule has 5 nitrogen and oxygen atoms in total. The van der Waals surface area contributed by atoms with Crippen molar-refractivity contribution in [2.75, 3.05) is 26.0 Å². The normalized spacial score (nSPS) is 11.7. The van der Waals surface area contributed by atoms with E-state index in [4.69, 9.17) is 10.5 Å². The second kappa shape index (κ2) is 5.81. The summed E-state index contributed by atoms with van der Waals surface area (Å²) in [6.07, 6.45) is 0. The maximum Gasteiger partial charge on any atom is 0.240 e. The van der Waals surface area contributed by atoms with Crippen LogP contribution in [0.1, 0.15) is 5.56 Å². The third-order valence-electron chi connectivity index (χ3n) is 2.18. The maximum atomic E-state index is 12.0. The van der Waals surface area contributed by atoms with Gasteiger partial charge in [-0.15, -0.1) is 0 Å². The van der Waals surface area contributed by atoms with Crippen molar-refractivity contribution in [1.82, 2.24) is 4.72 Å². The van der Waals surface area contributed by atoms with E-state index in [9.17, 15) is 8.42 Å². The molecule has 1 rings (SSSR count). The Hall–Kier alpha value is -0.630. The minimum atomic E-state index is -3.53. The van der Waals surface area contributed by atoms with Gasteiger partial charge in [-0.05, 0) is 40.5 Å². The highest BCUT2D eigenvalue weighted by molar-refractivity contribution is 9.10. The van der Waals surface area contributed by atoms with Gasteiger partial charge in [-0.2, -0.15) is 0 Å². The first-order valence-electron chi connectivity index (χ1n) is 4.92. The summed E-state index contributed by atoms with van der Waals surface area (Å²) in [6, 6.07) is 3.12. The molecule has 0 heterocycles. The third kappa shape index (κ3) is 3.67. The molecule has 3 N–H and O–H groups in total. The maximum absolute atomic E-state index is 12.0. The average molecular weight is 323 g/mol. The number of aryl methyl sites for hydroxylation is 1. The van der Waals surface area contributed by atoms with Crippen LogP contribution >= 0.6 is 15.9 Å². The number of anilines is 1. The van der Waals surface area contributed by atoms with Crippen molar-refractivity contribution in [1.29, 1.82) is 0 Å². The lowest BCUT2D eigenvalue weighted by Crippen LogP contribution is -2.27. The van der Waals surface area contributed by atoms with Crippen molar-refractivity contribution < 1.29 is 13.2 Å². The zero-order valence-corrected chi connectivity index (χ0v) is 12.1. The third-order valence-corrected chi connectivity index (χ3v) is 4.47. The van der Waals surface area contributed by atoms with Gasteiger partial charge in [0.25, 0.3) is 0 Å². The molecule has 0 spiro atoms. The van der Waals surface area contributed by atoms with E-state index in [1.165, 1.54) is 13.2 Å². The number of halogens is 1. The molecule has 0 atom stereocenters. The smallest absolute Gasteiger partial charge is 0.240 e. The summed E-state index contributed by atoms with van der Waals surface area (Å²) in [5.74, 6) is 0. The Morgan fingerprint density at radius 2 is 2.12 bits per heavy atom. The molecule has 0 aliphatic rings. The Balaban J connectivity index is 3.03. The van der Waals surface area contributed by atoms with Gasteiger partial charge in [0.2, 0.25) is 10.0 Å². The summed E-state index contributed by atoms with van der Waals surface area (Å²) in [5.41, 5.74) is 6.70. The van der Waals surface area contributed by atoms with E-state index < -0.39 is 10.0 Å². The predicted molar refractivity (Wildman–Crippen MR) is 70.4 cm³/mol. The molecule has 1 aromatic carbocycles. The largest absolute Gasteiger partial charge is 0.398 e. The standard InChI is InChI=1S/C10H15BrN2O3S/c1-7-5-8(11)9(12)6-10(7)17(14,15)13-3-4-16-2/h5-6,13H,3-4,12H2,1-2H3. The van der Waals surface area contributed by atoms with E-state index >= 15 is 0 Å². The van der Waals surface area contributed by atoms with Crippen LogP contribution in [0.5, 0.6) is 0 Å². The Bertz CT molecular complexity index is 503.